The maximum absolute atomic E-state index is 11.2. The van der Waals surface area contributed by atoms with Crippen molar-refractivity contribution in [1.82, 2.24) is 15.5 Å². The summed E-state index contributed by atoms with van der Waals surface area (Å²) in [5, 5.41) is 13.8. The summed E-state index contributed by atoms with van der Waals surface area (Å²) in [6.07, 6.45) is 0. The molecule has 7 nitrogen and oxygen atoms in total. The summed E-state index contributed by atoms with van der Waals surface area (Å²) in [5.41, 5.74) is 5.30. The third kappa shape index (κ3) is 3.69. The molecule has 7 heteroatoms. The van der Waals surface area contributed by atoms with Crippen molar-refractivity contribution in [3.8, 4) is 0 Å². The van der Waals surface area contributed by atoms with E-state index < -0.39 is 11.9 Å². The maximum Gasteiger partial charge on any atom is 0.316 e. The van der Waals surface area contributed by atoms with Crippen LogP contribution in [0.3, 0.4) is 0 Å². The molecule has 102 valence electrons. The van der Waals surface area contributed by atoms with Crippen LogP contribution < -0.4 is 16.4 Å². The smallest absolute Gasteiger partial charge is 0.316 e. The minimum Gasteiger partial charge on any atom is -0.406 e. The maximum atomic E-state index is 11.2. The van der Waals surface area contributed by atoms with E-state index in [2.05, 4.69) is 20.8 Å². The highest BCUT2D eigenvalue weighted by molar-refractivity contribution is 5.82. The molecule has 0 bridgehead atoms. The molecule has 4 N–H and O–H groups in total. The van der Waals surface area contributed by atoms with Crippen LogP contribution in [0, 0.1) is 5.92 Å². The van der Waals surface area contributed by atoms with Gasteiger partial charge in [0.1, 0.15) is 6.04 Å². The van der Waals surface area contributed by atoms with Gasteiger partial charge in [0, 0.05) is 0 Å². The minimum absolute atomic E-state index is 0.0240. The molecule has 18 heavy (non-hydrogen) atoms. The predicted octanol–water partition coefficient (Wildman–Crippen LogP) is 0.662. The lowest BCUT2D eigenvalue weighted by Crippen LogP contribution is -2.39. The molecule has 0 fully saturated rings. The molecule has 0 aliphatic carbocycles. The van der Waals surface area contributed by atoms with Crippen LogP contribution in [0.1, 0.15) is 39.6 Å². The Morgan fingerprint density at radius 2 is 2.06 bits per heavy atom. The van der Waals surface area contributed by atoms with Crippen molar-refractivity contribution in [1.29, 1.82) is 0 Å². The van der Waals surface area contributed by atoms with Crippen molar-refractivity contribution < 1.29 is 9.21 Å². The van der Waals surface area contributed by atoms with E-state index in [1.165, 1.54) is 0 Å². The molecular weight excluding hydrogens is 234 g/mol. The molecule has 0 aromatic carbocycles. The van der Waals surface area contributed by atoms with Gasteiger partial charge >= 0.3 is 6.01 Å². The van der Waals surface area contributed by atoms with Gasteiger partial charge in [0.15, 0.2) is 0 Å². The van der Waals surface area contributed by atoms with Crippen molar-refractivity contribution >= 4 is 11.9 Å². The predicted molar refractivity (Wildman–Crippen MR) is 67.8 cm³/mol. The molecule has 1 heterocycles. The third-order valence-corrected chi connectivity index (χ3v) is 2.57. The topological polar surface area (TPSA) is 106 Å². The molecule has 0 radical (unpaired) electrons. The van der Waals surface area contributed by atoms with E-state index in [9.17, 15) is 4.79 Å². The normalized spacial score (nSPS) is 14.5. The van der Waals surface area contributed by atoms with Crippen molar-refractivity contribution in [2.45, 2.75) is 39.8 Å². The van der Waals surface area contributed by atoms with Gasteiger partial charge in [-0.1, -0.05) is 25.9 Å². The number of hydrogen-bond donors (Lipinski definition) is 3. The summed E-state index contributed by atoms with van der Waals surface area (Å²) in [6, 6.07) is -0.330. The summed E-state index contributed by atoms with van der Waals surface area (Å²) < 4.78 is 5.43. The van der Waals surface area contributed by atoms with Crippen molar-refractivity contribution in [2.24, 2.45) is 11.7 Å². The second-order valence-electron chi connectivity index (χ2n) is 4.49. The SMILES string of the molecule is CCNC(C)c1nnc(NC(C(N)=O)C(C)C)o1. The number of rotatable bonds is 7. The number of nitrogens with two attached hydrogens (primary N) is 1. The van der Waals surface area contributed by atoms with Gasteiger partial charge in [-0.25, -0.2) is 0 Å². The summed E-state index contributed by atoms with van der Waals surface area (Å²) in [6.45, 7) is 8.51. The lowest BCUT2D eigenvalue weighted by Gasteiger charge is -2.16. The van der Waals surface area contributed by atoms with Crippen LogP contribution in [0.4, 0.5) is 6.01 Å². The van der Waals surface area contributed by atoms with E-state index in [1.807, 2.05) is 27.7 Å². The molecule has 1 rings (SSSR count). The first-order chi connectivity index (χ1) is 8.45. The summed E-state index contributed by atoms with van der Waals surface area (Å²) >= 11 is 0. The Bertz CT molecular complexity index is 391. The van der Waals surface area contributed by atoms with E-state index in [0.29, 0.717) is 5.89 Å². The van der Waals surface area contributed by atoms with Crippen LogP contribution in [-0.2, 0) is 4.79 Å². The zero-order valence-corrected chi connectivity index (χ0v) is 11.2. The Morgan fingerprint density at radius 3 is 2.56 bits per heavy atom. The Morgan fingerprint density at radius 1 is 1.39 bits per heavy atom. The first-order valence-electron chi connectivity index (χ1n) is 6.08. The van der Waals surface area contributed by atoms with Gasteiger partial charge < -0.3 is 20.8 Å². The first-order valence-corrected chi connectivity index (χ1v) is 6.08. The number of primary amides is 1. The number of hydrogen-bond acceptors (Lipinski definition) is 6. The second-order valence-corrected chi connectivity index (χ2v) is 4.49. The molecule has 0 spiro atoms. The number of carbonyl (C=O) groups excluding carboxylic acids is 1. The highest BCUT2D eigenvalue weighted by Crippen LogP contribution is 2.15. The zero-order chi connectivity index (χ0) is 13.7. The second kappa shape index (κ2) is 6.34. The lowest BCUT2D eigenvalue weighted by atomic mass is 10.0. The number of aromatic nitrogens is 2. The monoisotopic (exact) mass is 255 g/mol. The molecule has 0 saturated carbocycles. The summed E-state index contributed by atoms with van der Waals surface area (Å²) in [7, 11) is 0. The molecule has 0 aliphatic heterocycles. The Kier molecular flexibility index (Phi) is 5.08. The molecule has 1 aromatic heterocycles. The van der Waals surface area contributed by atoms with E-state index in [1.54, 1.807) is 0 Å². The summed E-state index contributed by atoms with van der Waals surface area (Å²) in [4.78, 5) is 11.2. The summed E-state index contributed by atoms with van der Waals surface area (Å²) in [5.74, 6) is 0.0832. The van der Waals surface area contributed by atoms with Crippen molar-refractivity contribution in [3.05, 3.63) is 5.89 Å². The van der Waals surface area contributed by atoms with Crippen molar-refractivity contribution in [3.63, 3.8) is 0 Å². The zero-order valence-electron chi connectivity index (χ0n) is 11.2. The Hall–Kier alpha value is -1.63. The van der Waals surface area contributed by atoms with E-state index >= 15 is 0 Å². The van der Waals surface area contributed by atoms with Crippen LogP contribution in [-0.4, -0.2) is 28.7 Å². The molecular formula is C11H21N5O2. The van der Waals surface area contributed by atoms with Crippen LogP contribution in [0.15, 0.2) is 4.42 Å². The van der Waals surface area contributed by atoms with Gasteiger partial charge in [-0.2, -0.15) is 0 Å². The fourth-order valence-electron chi connectivity index (χ4n) is 1.56. The fourth-order valence-corrected chi connectivity index (χ4v) is 1.56. The molecule has 2 atom stereocenters. The Labute approximate surface area is 107 Å². The Balaban J connectivity index is 2.71. The molecule has 0 aliphatic rings. The van der Waals surface area contributed by atoms with Gasteiger partial charge in [-0.05, 0) is 19.4 Å². The average Bonchev–Trinajstić information content (AvgIpc) is 2.73. The quantitative estimate of drug-likeness (QED) is 0.661. The van der Waals surface area contributed by atoms with E-state index in [-0.39, 0.29) is 18.0 Å². The number of nitrogens with zero attached hydrogens (tertiary/aromatic N) is 2. The minimum atomic E-state index is -0.521. The number of carbonyl (C=O) groups is 1. The van der Waals surface area contributed by atoms with E-state index in [0.717, 1.165) is 6.54 Å². The van der Waals surface area contributed by atoms with Crippen LogP contribution >= 0.6 is 0 Å². The number of anilines is 1. The molecule has 2 unspecified atom stereocenters. The van der Waals surface area contributed by atoms with Crippen molar-refractivity contribution in [2.75, 3.05) is 11.9 Å². The molecule has 0 saturated heterocycles. The van der Waals surface area contributed by atoms with Crippen LogP contribution in [0.2, 0.25) is 0 Å². The third-order valence-electron chi connectivity index (χ3n) is 2.57. The number of nitrogens with one attached hydrogen (secondary N) is 2. The number of amides is 1. The first kappa shape index (κ1) is 14.4. The lowest BCUT2D eigenvalue weighted by molar-refractivity contribution is -0.119. The van der Waals surface area contributed by atoms with Gasteiger partial charge in [0.25, 0.3) is 0 Å². The molecule has 1 amide bonds. The standard InChI is InChI=1S/C11H21N5O2/c1-5-13-7(4)10-15-16-11(18-10)14-8(6(2)3)9(12)17/h6-8,13H,5H2,1-4H3,(H2,12,17)(H,14,16). The van der Waals surface area contributed by atoms with Gasteiger partial charge in [0.05, 0.1) is 6.04 Å². The highest BCUT2D eigenvalue weighted by Gasteiger charge is 2.22. The fraction of sp³-hybridized carbons (Fsp3) is 0.727. The van der Waals surface area contributed by atoms with Gasteiger partial charge in [-0.15, -0.1) is 5.10 Å². The van der Waals surface area contributed by atoms with Crippen LogP contribution in [0.25, 0.3) is 0 Å². The highest BCUT2D eigenvalue weighted by atomic mass is 16.4. The molecule has 1 aromatic rings. The van der Waals surface area contributed by atoms with Crippen LogP contribution in [0.5, 0.6) is 0 Å². The average molecular weight is 255 g/mol. The van der Waals surface area contributed by atoms with Gasteiger partial charge in [-0.3, -0.25) is 4.79 Å². The van der Waals surface area contributed by atoms with Gasteiger partial charge in [0.2, 0.25) is 11.8 Å². The van der Waals surface area contributed by atoms with E-state index in [4.69, 9.17) is 10.2 Å². The largest absolute Gasteiger partial charge is 0.406 e.